The summed E-state index contributed by atoms with van der Waals surface area (Å²) in [6.07, 6.45) is -0.275. The lowest BCUT2D eigenvalue weighted by molar-refractivity contribution is -0.114. The van der Waals surface area contributed by atoms with Gasteiger partial charge < -0.3 is 10.2 Å². The lowest BCUT2D eigenvalue weighted by Gasteiger charge is -2.10. The van der Waals surface area contributed by atoms with Crippen LogP contribution in [0.15, 0.2) is 29.4 Å². The van der Waals surface area contributed by atoms with Gasteiger partial charge in [0.2, 0.25) is 5.78 Å². The molecule has 1 saturated heterocycles. The van der Waals surface area contributed by atoms with Crippen molar-refractivity contribution in [3.05, 3.63) is 34.9 Å². The Kier molecular flexibility index (Phi) is 2.61. The van der Waals surface area contributed by atoms with Gasteiger partial charge in [0.1, 0.15) is 11.8 Å². The lowest BCUT2D eigenvalue weighted by Crippen LogP contribution is -2.25. The van der Waals surface area contributed by atoms with Crippen molar-refractivity contribution in [2.45, 2.75) is 12.0 Å². The topological polar surface area (TPSA) is 54.0 Å². The van der Waals surface area contributed by atoms with Gasteiger partial charge in [0.05, 0.1) is 12.5 Å². The minimum Gasteiger partial charge on any atom is -0.364 e. The zero-order valence-electron chi connectivity index (χ0n) is 9.02. The number of hydrazone groups is 1. The maximum absolute atomic E-state index is 11.9. The Labute approximate surface area is 104 Å². The van der Waals surface area contributed by atoms with Crippen LogP contribution in [-0.4, -0.2) is 30.8 Å². The molecule has 2 heterocycles. The van der Waals surface area contributed by atoms with Crippen LogP contribution < -0.4 is 5.43 Å². The predicted octanol–water partition coefficient (Wildman–Crippen LogP) is 1.35. The number of rotatable bonds is 3. The Morgan fingerprint density at radius 3 is 2.76 bits per heavy atom. The molecule has 0 amide bonds. The minimum atomic E-state index is -0.275. The average molecular weight is 251 g/mol. The van der Waals surface area contributed by atoms with E-state index in [9.17, 15) is 4.79 Å². The van der Waals surface area contributed by atoms with Gasteiger partial charge >= 0.3 is 0 Å². The number of hydrogen-bond acceptors (Lipinski definition) is 4. The van der Waals surface area contributed by atoms with E-state index in [2.05, 4.69) is 10.5 Å². The molecule has 3 rings (SSSR count). The molecule has 17 heavy (non-hydrogen) atoms. The summed E-state index contributed by atoms with van der Waals surface area (Å²) in [4.78, 5) is 11.9. The van der Waals surface area contributed by atoms with E-state index in [1.54, 1.807) is 0 Å². The van der Waals surface area contributed by atoms with Gasteiger partial charge in [-0.15, -0.1) is 0 Å². The molecule has 0 aromatic heterocycles. The van der Waals surface area contributed by atoms with E-state index in [-0.39, 0.29) is 17.8 Å². The summed E-state index contributed by atoms with van der Waals surface area (Å²) < 4.78 is 5.01. The number of ether oxygens (including phenoxy) is 1. The second-order valence-electron chi connectivity index (χ2n) is 4.15. The highest BCUT2D eigenvalue weighted by Crippen LogP contribution is 2.25. The molecule has 0 bridgehead atoms. The molecule has 2 atom stereocenters. The number of nitrogens with zero attached hydrogens (tertiary/aromatic N) is 1. The first-order valence-electron chi connectivity index (χ1n) is 5.47. The summed E-state index contributed by atoms with van der Waals surface area (Å²) >= 11 is 5.84. The molecular weight excluding hydrogens is 240 g/mol. The third-order valence-corrected chi connectivity index (χ3v) is 3.23. The van der Waals surface area contributed by atoms with E-state index in [1.807, 2.05) is 24.3 Å². The number of ketones is 1. The van der Waals surface area contributed by atoms with Crippen LogP contribution in [0.5, 0.6) is 0 Å². The largest absolute Gasteiger partial charge is 0.364 e. The highest BCUT2D eigenvalue weighted by atomic mass is 35.5. The predicted molar refractivity (Wildman–Crippen MR) is 64.4 cm³/mol. The molecule has 0 spiro atoms. The molecule has 0 saturated carbocycles. The van der Waals surface area contributed by atoms with Crippen molar-refractivity contribution >= 4 is 23.1 Å². The standard InChI is InChI=1S/C12H11ClN2O2/c13-8-3-1-7(2-4-8)9-5-14-15-11(9)12(16)10-6-17-10/h1-4,9-10,14H,5-6H2/t9-,10-/m1/s1. The van der Waals surface area contributed by atoms with Gasteiger partial charge in [-0.25, -0.2) is 0 Å². The second-order valence-corrected chi connectivity index (χ2v) is 4.59. The molecule has 88 valence electrons. The first-order valence-corrected chi connectivity index (χ1v) is 5.85. The van der Waals surface area contributed by atoms with Crippen molar-refractivity contribution in [3.8, 4) is 0 Å². The van der Waals surface area contributed by atoms with E-state index in [4.69, 9.17) is 16.3 Å². The number of epoxide rings is 1. The van der Waals surface area contributed by atoms with Crippen molar-refractivity contribution in [2.24, 2.45) is 5.10 Å². The molecule has 1 aromatic rings. The molecule has 2 aliphatic heterocycles. The van der Waals surface area contributed by atoms with Gasteiger partial charge in [0.15, 0.2) is 0 Å². The molecule has 5 heteroatoms. The monoisotopic (exact) mass is 250 g/mol. The Morgan fingerprint density at radius 2 is 2.12 bits per heavy atom. The van der Waals surface area contributed by atoms with Crippen LogP contribution in [-0.2, 0) is 9.53 Å². The summed E-state index contributed by atoms with van der Waals surface area (Å²) in [6.45, 7) is 1.17. The van der Waals surface area contributed by atoms with Crippen molar-refractivity contribution in [1.29, 1.82) is 0 Å². The Balaban J connectivity index is 1.85. The van der Waals surface area contributed by atoms with Gasteiger partial charge in [-0.3, -0.25) is 4.79 Å². The molecule has 0 aliphatic carbocycles. The van der Waals surface area contributed by atoms with E-state index in [0.717, 1.165) is 5.56 Å². The van der Waals surface area contributed by atoms with Gasteiger partial charge in [0, 0.05) is 11.6 Å². The van der Waals surface area contributed by atoms with Crippen LogP contribution in [0.1, 0.15) is 11.5 Å². The lowest BCUT2D eigenvalue weighted by atomic mass is 9.92. The van der Waals surface area contributed by atoms with Crippen LogP contribution >= 0.6 is 11.6 Å². The van der Waals surface area contributed by atoms with Crippen molar-refractivity contribution in [2.75, 3.05) is 13.2 Å². The highest BCUT2D eigenvalue weighted by molar-refractivity contribution is 6.44. The molecule has 1 fully saturated rings. The summed E-state index contributed by atoms with van der Waals surface area (Å²) in [5, 5.41) is 4.77. The Bertz CT molecular complexity index is 480. The smallest absolute Gasteiger partial charge is 0.210 e. The zero-order valence-corrected chi connectivity index (χ0v) is 9.78. The molecule has 0 unspecified atom stereocenters. The van der Waals surface area contributed by atoms with Crippen LogP contribution in [0.25, 0.3) is 0 Å². The van der Waals surface area contributed by atoms with Gasteiger partial charge in [0.25, 0.3) is 0 Å². The number of hydrogen-bond donors (Lipinski definition) is 1. The normalized spacial score (nSPS) is 26.3. The molecule has 4 nitrogen and oxygen atoms in total. The number of benzene rings is 1. The Hall–Kier alpha value is -1.39. The number of carbonyl (C=O) groups excluding carboxylic acids is 1. The minimum absolute atomic E-state index is 0.00367. The number of Topliss-reactive ketones (excluding diaryl/α,β-unsaturated/α-hetero) is 1. The first kappa shape index (κ1) is 10.7. The van der Waals surface area contributed by atoms with Gasteiger partial charge in [-0.1, -0.05) is 23.7 Å². The van der Waals surface area contributed by atoms with Crippen LogP contribution in [0, 0.1) is 0 Å². The number of halogens is 1. The average Bonchev–Trinajstić information content (AvgIpc) is 3.07. The summed E-state index contributed by atoms with van der Waals surface area (Å²) in [5.41, 5.74) is 4.49. The molecular formula is C12H11ClN2O2. The molecule has 1 N–H and O–H groups in total. The van der Waals surface area contributed by atoms with Crippen LogP contribution in [0.3, 0.4) is 0 Å². The molecule has 1 aromatic carbocycles. The fraction of sp³-hybridized carbons (Fsp3) is 0.333. The van der Waals surface area contributed by atoms with E-state index >= 15 is 0 Å². The fourth-order valence-corrected chi connectivity index (χ4v) is 2.08. The second kappa shape index (κ2) is 4.13. The van der Waals surface area contributed by atoms with E-state index in [0.29, 0.717) is 23.9 Å². The van der Waals surface area contributed by atoms with Crippen molar-refractivity contribution in [1.82, 2.24) is 5.43 Å². The summed E-state index contributed by atoms with van der Waals surface area (Å²) in [7, 11) is 0. The third kappa shape index (κ3) is 2.06. The quantitative estimate of drug-likeness (QED) is 0.824. The van der Waals surface area contributed by atoms with Gasteiger partial charge in [-0.05, 0) is 17.7 Å². The zero-order chi connectivity index (χ0) is 11.8. The first-order chi connectivity index (χ1) is 8.25. The van der Waals surface area contributed by atoms with E-state index < -0.39 is 0 Å². The SMILES string of the molecule is O=C(C1=NNC[C@@H]1c1ccc(Cl)cc1)[C@H]1CO1. The van der Waals surface area contributed by atoms with Crippen molar-refractivity contribution in [3.63, 3.8) is 0 Å². The molecule has 2 aliphatic rings. The van der Waals surface area contributed by atoms with Crippen molar-refractivity contribution < 1.29 is 9.53 Å². The van der Waals surface area contributed by atoms with Crippen LogP contribution in [0.2, 0.25) is 5.02 Å². The van der Waals surface area contributed by atoms with E-state index in [1.165, 1.54) is 0 Å². The van der Waals surface area contributed by atoms with Crippen LogP contribution in [0.4, 0.5) is 0 Å². The number of carbonyl (C=O) groups is 1. The molecule has 0 radical (unpaired) electrons. The summed E-state index contributed by atoms with van der Waals surface area (Å²) in [5.74, 6) is -0.00100. The Morgan fingerprint density at radius 1 is 1.41 bits per heavy atom. The maximum atomic E-state index is 11.9. The summed E-state index contributed by atoms with van der Waals surface area (Å²) in [6, 6.07) is 7.50. The maximum Gasteiger partial charge on any atom is 0.210 e. The third-order valence-electron chi connectivity index (χ3n) is 2.98. The number of nitrogens with one attached hydrogen (secondary N) is 1. The fourth-order valence-electron chi connectivity index (χ4n) is 1.96. The van der Waals surface area contributed by atoms with Gasteiger partial charge in [-0.2, -0.15) is 5.10 Å². The highest BCUT2D eigenvalue weighted by Gasteiger charge is 2.39.